The van der Waals surface area contributed by atoms with Crippen molar-refractivity contribution in [2.24, 2.45) is 11.3 Å². The Morgan fingerprint density at radius 1 is 1.48 bits per heavy atom. The van der Waals surface area contributed by atoms with Crippen LogP contribution in [0, 0.1) is 11.3 Å². The number of thioether (sulfide) groups is 1. The second-order valence-corrected chi connectivity index (χ2v) is 7.43. The summed E-state index contributed by atoms with van der Waals surface area (Å²) in [4.78, 5) is 25.4. The van der Waals surface area contributed by atoms with Crippen LogP contribution in [-0.4, -0.2) is 53.1 Å². The van der Waals surface area contributed by atoms with Crippen molar-refractivity contribution in [2.75, 3.05) is 25.1 Å². The number of nitrogens with zero attached hydrogens (tertiary/aromatic N) is 1. The van der Waals surface area contributed by atoms with E-state index < -0.39 is 11.4 Å². The molecule has 122 valence electrons. The summed E-state index contributed by atoms with van der Waals surface area (Å²) in [5.41, 5.74) is -0.788. The zero-order chi connectivity index (χ0) is 16.0. The monoisotopic (exact) mass is 316 g/mol. The van der Waals surface area contributed by atoms with Gasteiger partial charge in [0.2, 0.25) is 0 Å². The standard InChI is InChI=1S/C15H28N2O3S/c1-11(7-9-21-4)16-14(20)17-8-5-6-12(10-17)15(2,3)13(18)19/h11-12H,5-10H2,1-4H3,(H,16,20)(H,18,19). The zero-order valence-electron chi connectivity index (χ0n) is 13.5. The largest absolute Gasteiger partial charge is 0.481 e. The van der Waals surface area contributed by atoms with Crippen LogP contribution in [0.1, 0.15) is 40.0 Å². The highest BCUT2D eigenvalue weighted by Crippen LogP contribution is 2.34. The summed E-state index contributed by atoms with van der Waals surface area (Å²) in [5.74, 6) is 0.245. The molecule has 2 N–H and O–H groups in total. The van der Waals surface area contributed by atoms with Crippen LogP contribution in [0.25, 0.3) is 0 Å². The van der Waals surface area contributed by atoms with Gasteiger partial charge in [-0.1, -0.05) is 0 Å². The number of aliphatic carboxylic acids is 1. The van der Waals surface area contributed by atoms with E-state index in [2.05, 4.69) is 11.6 Å². The van der Waals surface area contributed by atoms with Crippen molar-refractivity contribution in [3.8, 4) is 0 Å². The number of carbonyl (C=O) groups excluding carboxylic acids is 1. The Balaban J connectivity index is 2.56. The number of amides is 2. The van der Waals surface area contributed by atoms with E-state index in [1.165, 1.54) is 0 Å². The van der Waals surface area contributed by atoms with Gasteiger partial charge in [0.15, 0.2) is 0 Å². The normalized spacial score (nSPS) is 21.0. The number of carboxylic acid groups (broad SMARTS) is 1. The van der Waals surface area contributed by atoms with E-state index in [4.69, 9.17) is 0 Å². The molecule has 1 aliphatic heterocycles. The first-order chi connectivity index (χ1) is 9.78. The zero-order valence-corrected chi connectivity index (χ0v) is 14.3. The maximum absolute atomic E-state index is 12.3. The molecule has 21 heavy (non-hydrogen) atoms. The third kappa shape index (κ3) is 5.09. The fourth-order valence-corrected chi connectivity index (χ4v) is 3.18. The highest BCUT2D eigenvalue weighted by molar-refractivity contribution is 7.98. The van der Waals surface area contributed by atoms with Crippen molar-refractivity contribution in [1.29, 1.82) is 0 Å². The number of urea groups is 1. The molecule has 2 unspecified atom stereocenters. The lowest BCUT2D eigenvalue weighted by atomic mass is 9.74. The summed E-state index contributed by atoms with van der Waals surface area (Å²) in [6.07, 6.45) is 4.74. The van der Waals surface area contributed by atoms with Crippen LogP contribution in [-0.2, 0) is 4.79 Å². The third-order valence-corrected chi connectivity index (χ3v) is 5.05. The van der Waals surface area contributed by atoms with Crippen molar-refractivity contribution in [3.05, 3.63) is 0 Å². The van der Waals surface area contributed by atoms with Gasteiger partial charge in [0, 0.05) is 19.1 Å². The minimum Gasteiger partial charge on any atom is -0.481 e. The molecule has 6 heteroatoms. The van der Waals surface area contributed by atoms with Gasteiger partial charge in [-0.25, -0.2) is 4.79 Å². The van der Waals surface area contributed by atoms with Gasteiger partial charge in [-0.15, -0.1) is 0 Å². The Morgan fingerprint density at radius 3 is 2.71 bits per heavy atom. The predicted octanol–water partition coefficient (Wildman–Crippen LogP) is 2.66. The van der Waals surface area contributed by atoms with Crippen molar-refractivity contribution in [3.63, 3.8) is 0 Å². The van der Waals surface area contributed by atoms with Crippen LogP contribution in [0.5, 0.6) is 0 Å². The van der Waals surface area contributed by atoms with Crippen molar-refractivity contribution >= 4 is 23.8 Å². The number of hydrogen-bond donors (Lipinski definition) is 2. The minimum absolute atomic E-state index is 0.0102. The average Bonchev–Trinajstić information content (AvgIpc) is 2.45. The maximum atomic E-state index is 12.3. The summed E-state index contributed by atoms with van der Waals surface area (Å²) in [5, 5.41) is 12.4. The number of carbonyl (C=O) groups is 2. The molecular formula is C15H28N2O3S. The van der Waals surface area contributed by atoms with Crippen LogP contribution in [0.3, 0.4) is 0 Å². The molecule has 0 spiro atoms. The summed E-state index contributed by atoms with van der Waals surface area (Å²) in [6.45, 7) is 6.76. The summed E-state index contributed by atoms with van der Waals surface area (Å²) < 4.78 is 0. The fraction of sp³-hybridized carbons (Fsp3) is 0.867. The molecule has 1 heterocycles. The predicted molar refractivity (Wildman–Crippen MR) is 86.7 cm³/mol. The van der Waals surface area contributed by atoms with Crippen LogP contribution in [0.15, 0.2) is 0 Å². The number of likely N-dealkylation sites (tertiary alicyclic amines) is 1. The van der Waals surface area contributed by atoms with E-state index in [1.54, 1.807) is 30.5 Å². The molecule has 0 bridgehead atoms. The molecule has 0 aromatic heterocycles. The molecule has 0 aromatic carbocycles. The quantitative estimate of drug-likeness (QED) is 0.790. The van der Waals surface area contributed by atoms with Gasteiger partial charge in [-0.05, 0) is 58.0 Å². The lowest BCUT2D eigenvalue weighted by Crippen LogP contribution is -2.51. The Kier molecular flexibility index (Phi) is 6.84. The number of rotatable bonds is 6. The van der Waals surface area contributed by atoms with Crippen LogP contribution < -0.4 is 5.32 Å². The first kappa shape index (κ1) is 18.1. The minimum atomic E-state index is -0.789. The lowest BCUT2D eigenvalue weighted by Gasteiger charge is -2.39. The molecule has 1 rings (SSSR count). The van der Waals surface area contributed by atoms with Crippen molar-refractivity contribution < 1.29 is 14.7 Å². The smallest absolute Gasteiger partial charge is 0.317 e. The first-order valence-electron chi connectivity index (χ1n) is 7.56. The van der Waals surface area contributed by atoms with Gasteiger partial charge in [0.1, 0.15) is 0 Å². The molecule has 1 aliphatic rings. The third-order valence-electron chi connectivity index (χ3n) is 4.41. The van der Waals surface area contributed by atoms with Crippen LogP contribution in [0.2, 0.25) is 0 Å². The topological polar surface area (TPSA) is 69.6 Å². The Labute approximate surface area is 131 Å². The van der Waals surface area contributed by atoms with Crippen molar-refractivity contribution in [2.45, 2.75) is 46.1 Å². The molecule has 0 aliphatic carbocycles. The molecule has 1 fully saturated rings. The molecule has 0 saturated carbocycles. The Bertz CT molecular complexity index is 374. The van der Waals surface area contributed by atoms with E-state index in [-0.39, 0.29) is 18.0 Å². The second-order valence-electron chi connectivity index (χ2n) is 6.44. The Hall–Kier alpha value is -0.910. The Morgan fingerprint density at radius 2 is 2.14 bits per heavy atom. The van der Waals surface area contributed by atoms with E-state index in [9.17, 15) is 14.7 Å². The van der Waals surface area contributed by atoms with Crippen molar-refractivity contribution in [1.82, 2.24) is 10.2 Å². The van der Waals surface area contributed by atoms with Gasteiger partial charge in [0.05, 0.1) is 5.41 Å². The van der Waals surface area contributed by atoms with Gasteiger partial charge in [-0.2, -0.15) is 11.8 Å². The molecule has 2 amide bonds. The molecule has 5 nitrogen and oxygen atoms in total. The number of hydrogen-bond acceptors (Lipinski definition) is 3. The average molecular weight is 316 g/mol. The number of nitrogens with one attached hydrogen (secondary N) is 1. The van der Waals surface area contributed by atoms with Gasteiger partial charge in [-0.3, -0.25) is 4.79 Å². The van der Waals surface area contributed by atoms with E-state index in [1.807, 2.05) is 6.92 Å². The summed E-state index contributed by atoms with van der Waals surface area (Å²) in [7, 11) is 0. The van der Waals surface area contributed by atoms with Gasteiger partial charge >= 0.3 is 12.0 Å². The molecular weight excluding hydrogens is 288 g/mol. The van der Waals surface area contributed by atoms with Crippen LogP contribution >= 0.6 is 11.8 Å². The highest BCUT2D eigenvalue weighted by atomic mass is 32.2. The summed E-state index contributed by atoms with van der Waals surface area (Å²) in [6, 6.07) is 0.0901. The van der Waals surface area contributed by atoms with Crippen LogP contribution in [0.4, 0.5) is 4.79 Å². The first-order valence-corrected chi connectivity index (χ1v) is 8.96. The lowest BCUT2D eigenvalue weighted by molar-refractivity contribution is -0.151. The van der Waals surface area contributed by atoms with E-state index in [0.29, 0.717) is 13.1 Å². The number of piperidine rings is 1. The SMILES string of the molecule is CSCCC(C)NC(=O)N1CCCC(C(C)(C)C(=O)O)C1. The highest BCUT2D eigenvalue weighted by Gasteiger charge is 2.40. The van der Waals surface area contributed by atoms with Gasteiger partial charge < -0.3 is 15.3 Å². The molecule has 2 atom stereocenters. The second kappa shape index (κ2) is 7.92. The van der Waals surface area contributed by atoms with E-state index >= 15 is 0 Å². The fourth-order valence-electron chi connectivity index (χ4n) is 2.59. The molecule has 0 radical (unpaired) electrons. The van der Waals surface area contributed by atoms with Gasteiger partial charge in [0.25, 0.3) is 0 Å². The maximum Gasteiger partial charge on any atom is 0.317 e. The number of carboxylic acids is 1. The van der Waals surface area contributed by atoms with E-state index in [0.717, 1.165) is 25.0 Å². The molecule has 0 aromatic rings. The summed E-state index contributed by atoms with van der Waals surface area (Å²) >= 11 is 1.77. The molecule has 1 saturated heterocycles.